The molecule has 19 heavy (non-hydrogen) atoms. The van der Waals surface area contributed by atoms with Crippen molar-refractivity contribution in [3.63, 3.8) is 0 Å². The molecule has 0 aliphatic carbocycles. The van der Waals surface area contributed by atoms with Gasteiger partial charge in [-0.25, -0.2) is 0 Å². The molecule has 0 radical (unpaired) electrons. The zero-order chi connectivity index (χ0) is 13.4. The van der Waals surface area contributed by atoms with E-state index in [1.54, 1.807) is 12.1 Å². The lowest BCUT2D eigenvalue weighted by Crippen LogP contribution is -2.19. The first-order valence-corrected chi connectivity index (χ1v) is 6.29. The average molecular weight is 257 g/mol. The molecule has 2 aromatic rings. The molecule has 0 amide bonds. The number of H-pyrrole nitrogens is 1. The molecule has 0 saturated heterocycles. The minimum absolute atomic E-state index is 0.125. The number of aromatic nitrogens is 1. The summed E-state index contributed by atoms with van der Waals surface area (Å²) < 4.78 is 0. The van der Waals surface area contributed by atoms with Crippen LogP contribution in [0.5, 0.6) is 0 Å². The van der Waals surface area contributed by atoms with E-state index in [1.807, 2.05) is 12.3 Å². The number of nitro groups is 1. The molecule has 1 aromatic heterocycles. The van der Waals surface area contributed by atoms with Crippen LogP contribution in [-0.2, 0) is 0 Å². The lowest BCUT2D eigenvalue weighted by atomic mass is 9.93. The second-order valence-electron chi connectivity index (χ2n) is 4.95. The second-order valence-corrected chi connectivity index (χ2v) is 4.95. The molecule has 1 N–H and O–H groups in total. The minimum atomic E-state index is -0.366. The molecular weight excluding hydrogens is 242 g/mol. The molecule has 5 heteroatoms. The monoisotopic (exact) mass is 257 g/mol. The van der Waals surface area contributed by atoms with E-state index in [2.05, 4.69) is 29.2 Å². The number of aromatic amines is 1. The summed E-state index contributed by atoms with van der Waals surface area (Å²) >= 11 is 0. The third-order valence-electron chi connectivity index (χ3n) is 3.67. The zero-order valence-corrected chi connectivity index (χ0v) is 10.7. The van der Waals surface area contributed by atoms with Gasteiger partial charge in [0.2, 0.25) is 0 Å². The number of allylic oxidation sites excluding steroid dienone is 1. The maximum Gasteiger partial charge on any atom is 0.271 e. The van der Waals surface area contributed by atoms with Crippen LogP contribution in [0.4, 0.5) is 5.69 Å². The molecule has 3 rings (SSSR count). The maximum absolute atomic E-state index is 10.8. The molecule has 0 saturated carbocycles. The predicted octanol–water partition coefficient (Wildman–Crippen LogP) is 3.01. The van der Waals surface area contributed by atoms with Crippen LogP contribution in [0.2, 0.25) is 0 Å². The van der Waals surface area contributed by atoms with E-state index in [0.29, 0.717) is 5.92 Å². The van der Waals surface area contributed by atoms with E-state index in [9.17, 15) is 10.1 Å². The van der Waals surface area contributed by atoms with E-state index in [0.717, 1.165) is 23.9 Å². The molecule has 1 aromatic carbocycles. The highest BCUT2D eigenvalue weighted by Gasteiger charge is 2.18. The van der Waals surface area contributed by atoms with Crippen molar-refractivity contribution in [1.29, 1.82) is 0 Å². The summed E-state index contributed by atoms with van der Waals surface area (Å²) in [4.78, 5) is 15.7. The molecule has 1 aliphatic heterocycles. The zero-order valence-electron chi connectivity index (χ0n) is 10.7. The third-order valence-corrected chi connectivity index (χ3v) is 3.67. The number of non-ortho nitro benzene ring substituents is 1. The van der Waals surface area contributed by atoms with Gasteiger partial charge in [-0.05, 0) is 24.3 Å². The van der Waals surface area contributed by atoms with Crippen LogP contribution >= 0.6 is 0 Å². The molecule has 1 unspecified atom stereocenters. The first-order chi connectivity index (χ1) is 9.15. The van der Waals surface area contributed by atoms with Gasteiger partial charge in [-0.1, -0.05) is 6.08 Å². The average Bonchev–Trinajstić information content (AvgIpc) is 2.82. The topological polar surface area (TPSA) is 62.2 Å². The second kappa shape index (κ2) is 4.42. The molecule has 1 atom stereocenters. The molecule has 98 valence electrons. The number of benzene rings is 1. The number of nitro benzene ring substituents is 1. The SMILES string of the molecule is CN1C=CC(c2c[nH]c3cc([N+](=O)[O-])ccc23)CC1. The van der Waals surface area contributed by atoms with Gasteiger partial charge in [0.25, 0.3) is 5.69 Å². The Morgan fingerprint density at radius 3 is 3.00 bits per heavy atom. The van der Waals surface area contributed by atoms with Gasteiger partial charge in [-0.2, -0.15) is 0 Å². The highest BCUT2D eigenvalue weighted by atomic mass is 16.6. The molecule has 0 fully saturated rings. The van der Waals surface area contributed by atoms with E-state index in [1.165, 1.54) is 5.56 Å². The van der Waals surface area contributed by atoms with Crippen LogP contribution in [0.1, 0.15) is 17.9 Å². The smallest absolute Gasteiger partial charge is 0.271 e. The highest BCUT2D eigenvalue weighted by molar-refractivity contribution is 5.86. The summed E-state index contributed by atoms with van der Waals surface area (Å²) in [5.74, 6) is 0.381. The summed E-state index contributed by atoms with van der Waals surface area (Å²) in [5, 5.41) is 11.8. The number of nitrogens with zero attached hydrogens (tertiary/aromatic N) is 2. The van der Waals surface area contributed by atoms with E-state index in [-0.39, 0.29) is 10.6 Å². The van der Waals surface area contributed by atoms with E-state index >= 15 is 0 Å². The van der Waals surface area contributed by atoms with Crippen LogP contribution in [0.3, 0.4) is 0 Å². The Labute approximate surface area is 110 Å². The first-order valence-electron chi connectivity index (χ1n) is 6.29. The fraction of sp³-hybridized carbons (Fsp3) is 0.286. The Kier molecular flexibility index (Phi) is 2.74. The van der Waals surface area contributed by atoms with Crippen LogP contribution in [0.25, 0.3) is 10.9 Å². The Balaban J connectivity index is 2.01. The quantitative estimate of drug-likeness (QED) is 0.664. The molecule has 5 nitrogen and oxygen atoms in total. The normalized spacial score (nSPS) is 19.0. The summed E-state index contributed by atoms with van der Waals surface area (Å²) in [7, 11) is 2.06. The van der Waals surface area contributed by atoms with Gasteiger partial charge in [0.15, 0.2) is 0 Å². The van der Waals surface area contributed by atoms with Crippen LogP contribution < -0.4 is 0 Å². The van der Waals surface area contributed by atoms with Crippen molar-refractivity contribution in [1.82, 2.24) is 9.88 Å². The molecule has 0 spiro atoms. The van der Waals surface area contributed by atoms with Crippen molar-refractivity contribution in [3.8, 4) is 0 Å². The van der Waals surface area contributed by atoms with Gasteiger partial charge >= 0.3 is 0 Å². The first kappa shape index (κ1) is 11.8. The summed E-state index contributed by atoms with van der Waals surface area (Å²) in [6.07, 6.45) is 7.32. The van der Waals surface area contributed by atoms with Crippen molar-refractivity contribution >= 4 is 16.6 Å². The number of fused-ring (bicyclic) bond motifs is 1. The fourth-order valence-electron chi connectivity index (χ4n) is 2.58. The van der Waals surface area contributed by atoms with Gasteiger partial charge < -0.3 is 9.88 Å². The van der Waals surface area contributed by atoms with E-state index in [4.69, 9.17) is 0 Å². The van der Waals surface area contributed by atoms with Gasteiger partial charge in [0.1, 0.15) is 0 Å². The standard InChI is InChI=1S/C14H15N3O2/c1-16-6-4-10(5-7-16)13-9-15-14-8-11(17(18)19)2-3-12(13)14/h2-4,6,8-10,15H,5,7H2,1H3. The summed E-state index contributed by atoms with van der Waals surface area (Å²) in [5.41, 5.74) is 2.17. The Bertz CT molecular complexity index is 660. The minimum Gasteiger partial charge on any atom is -0.381 e. The Morgan fingerprint density at radius 2 is 2.32 bits per heavy atom. The lowest BCUT2D eigenvalue weighted by Gasteiger charge is -2.23. The Morgan fingerprint density at radius 1 is 1.47 bits per heavy atom. The van der Waals surface area contributed by atoms with Crippen molar-refractivity contribution in [2.45, 2.75) is 12.3 Å². The Hall–Kier alpha value is -2.30. The highest BCUT2D eigenvalue weighted by Crippen LogP contribution is 2.32. The number of nitrogens with one attached hydrogen (secondary N) is 1. The van der Waals surface area contributed by atoms with Crippen molar-refractivity contribution in [3.05, 3.63) is 52.3 Å². The van der Waals surface area contributed by atoms with Crippen molar-refractivity contribution in [2.75, 3.05) is 13.6 Å². The number of hydrogen-bond acceptors (Lipinski definition) is 3. The third kappa shape index (κ3) is 2.07. The van der Waals surface area contributed by atoms with Gasteiger partial charge in [-0.3, -0.25) is 10.1 Å². The largest absolute Gasteiger partial charge is 0.381 e. The molecule has 2 heterocycles. The van der Waals surface area contributed by atoms with Crippen LogP contribution in [0.15, 0.2) is 36.7 Å². The number of hydrogen-bond donors (Lipinski definition) is 1. The van der Waals surface area contributed by atoms with E-state index < -0.39 is 0 Å². The van der Waals surface area contributed by atoms with Crippen LogP contribution in [-0.4, -0.2) is 28.4 Å². The predicted molar refractivity (Wildman–Crippen MR) is 74.1 cm³/mol. The molecular formula is C14H15N3O2. The van der Waals surface area contributed by atoms with Gasteiger partial charge in [-0.15, -0.1) is 0 Å². The van der Waals surface area contributed by atoms with Crippen molar-refractivity contribution in [2.24, 2.45) is 0 Å². The summed E-state index contributed by atoms with van der Waals surface area (Å²) in [6, 6.07) is 5.00. The summed E-state index contributed by atoms with van der Waals surface area (Å²) in [6.45, 7) is 1.03. The number of rotatable bonds is 2. The maximum atomic E-state index is 10.8. The van der Waals surface area contributed by atoms with Gasteiger partial charge in [0, 0.05) is 43.2 Å². The van der Waals surface area contributed by atoms with Crippen molar-refractivity contribution < 1.29 is 4.92 Å². The van der Waals surface area contributed by atoms with Gasteiger partial charge in [0.05, 0.1) is 10.4 Å². The fourth-order valence-corrected chi connectivity index (χ4v) is 2.58. The van der Waals surface area contributed by atoms with Crippen LogP contribution in [0, 0.1) is 10.1 Å². The molecule has 0 bridgehead atoms. The lowest BCUT2D eigenvalue weighted by molar-refractivity contribution is -0.384. The molecule has 1 aliphatic rings.